The van der Waals surface area contributed by atoms with E-state index >= 15 is 0 Å². The van der Waals surface area contributed by atoms with Crippen LogP contribution in [0.1, 0.15) is 11.1 Å². The molecule has 0 radical (unpaired) electrons. The second-order valence-corrected chi connectivity index (χ2v) is 9.60. The average Bonchev–Trinajstić information content (AvgIpc) is 3.00. The number of carbonyl (C=O) groups excluding carboxylic acids is 3. The molecule has 1 aromatic heterocycles. The zero-order chi connectivity index (χ0) is 29.9. The number of rotatable bonds is 10. The van der Waals surface area contributed by atoms with Crippen LogP contribution in [0.5, 0.6) is 0 Å². The van der Waals surface area contributed by atoms with E-state index in [0.29, 0.717) is 5.56 Å². The fourth-order valence-electron chi connectivity index (χ4n) is 3.89. The molecule has 4 amide bonds. The maximum Gasteiger partial charge on any atom is 0.412 e. The minimum Gasteiger partial charge on any atom is -0.447 e. The van der Waals surface area contributed by atoms with Crippen LogP contribution in [-0.2, 0) is 22.6 Å². The number of pyridine rings is 1. The number of nitrogens with zero attached hydrogens (tertiary/aromatic N) is 2. The molecule has 1 heterocycles. The molecule has 0 saturated carbocycles. The van der Waals surface area contributed by atoms with Gasteiger partial charge in [0.05, 0.1) is 11.1 Å². The van der Waals surface area contributed by atoms with Crippen molar-refractivity contribution in [1.82, 2.24) is 20.5 Å². The summed E-state index contributed by atoms with van der Waals surface area (Å²) in [5, 5.41) is 9.51. The molecule has 10 nitrogen and oxygen atoms in total. The molecule has 3 N–H and O–H groups in total. The van der Waals surface area contributed by atoms with Crippen LogP contribution in [0, 0.1) is 5.82 Å². The molecule has 0 bridgehead atoms. The van der Waals surface area contributed by atoms with Crippen LogP contribution in [-0.4, -0.2) is 54.3 Å². The lowest BCUT2D eigenvalue weighted by molar-refractivity contribution is 0.110. The van der Waals surface area contributed by atoms with Gasteiger partial charge in [0.15, 0.2) is 0 Å². The topological polar surface area (TPSA) is 122 Å². The zero-order valence-electron chi connectivity index (χ0n) is 22.7. The number of hydrogen-bond acceptors (Lipinski definition) is 6. The monoisotopic (exact) mass is 593 g/mol. The number of alkyl carbamates (subject to hydrolysis) is 1. The molecule has 42 heavy (non-hydrogen) atoms. The minimum atomic E-state index is -0.799. The van der Waals surface area contributed by atoms with Crippen LogP contribution in [0.3, 0.4) is 0 Å². The average molecular weight is 594 g/mol. The Balaban J connectivity index is 1.36. The van der Waals surface area contributed by atoms with E-state index in [1.165, 1.54) is 24.1 Å². The number of fused-ring (bicyclic) bond motifs is 1. The molecule has 4 aromatic rings. The summed E-state index contributed by atoms with van der Waals surface area (Å²) in [7, 11) is 1.47. The molecular formula is C30H29ClFN5O5. The van der Waals surface area contributed by atoms with Gasteiger partial charge in [0.25, 0.3) is 0 Å². The number of benzene rings is 3. The van der Waals surface area contributed by atoms with Gasteiger partial charge in [-0.25, -0.2) is 23.8 Å². The lowest BCUT2D eigenvalue weighted by atomic mass is 10.2. The third kappa shape index (κ3) is 8.55. The maximum absolute atomic E-state index is 13.8. The van der Waals surface area contributed by atoms with E-state index in [4.69, 9.17) is 21.1 Å². The number of urea groups is 1. The molecule has 0 aliphatic heterocycles. The normalized spacial score (nSPS) is 11.3. The smallest absolute Gasteiger partial charge is 0.412 e. The largest absolute Gasteiger partial charge is 0.447 e. The van der Waals surface area contributed by atoms with E-state index in [0.717, 1.165) is 16.3 Å². The molecule has 1 atom stereocenters. The van der Waals surface area contributed by atoms with Crippen LogP contribution in [0.15, 0.2) is 85.1 Å². The quantitative estimate of drug-likeness (QED) is 0.216. The molecule has 0 aliphatic carbocycles. The van der Waals surface area contributed by atoms with E-state index in [9.17, 15) is 18.8 Å². The SMILES string of the molecule is CN(C(=O)NCc1cccc(F)c1Cl)[C@@H](CNC(=O)OCc1ccccc1)COC(=O)Nc1cc2ccccc2cn1. The second kappa shape index (κ2) is 14.6. The van der Waals surface area contributed by atoms with Gasteiger partial charge in [-0.3, -0.25) is 5.32 Å². The van der Waals surface area contributed by atoms with Crippen molar-refractivity contribution in [2.24, 2.45) is 0 Å². The Bertz CT molecular complexity index is 1540. The van der Waals surface area contributed by atoms with E-state index in [-0.39, 0.29) is 37.1 Å². The predicted molar refractivity (Wildman–Crippen MR) is 157 cm³/mol. The number of aromatic nitrogens is 1. The van der Waals surface area contributed by atoms with Crippen molar-refractivity contribution in [2.45, 2.75) is 19.2 Å². The number of anilines is 1. The summed E-state index contributed by atoms with van der Waals surface area (Å²) in [6.07, 6.45) is 0.116. The highest BCUT2D eigenvalue weighted by Crippen LogP contribution is 2.19. The first-order valence-corrected chi connectivity index (χ1v) is 13.3. The standard InChI is InChI=1S/C30H29ClFN5O5/c1-37(28(38)34-16-23-12-7-13-25(32)27(23)31)24(17-35-29(39)41-18-20-8-3-2-4-9-20)19-42-30(40)36-26-14-21-10-5-6-11-22(21)15-33-26/h2-15,24H,16-19H2,1H3,(H,34,38)(H,35,39)(H,33,36,40)/t24-/m0/s1. The number of amides is 4. The van der Waals surface area contributed by atoms with E-state index < -0.39 is 30.1 Å². The summed E-state index contributed by atoms with van der Waals surface area (Å²) in [5.41, 5.74) is 1.19. The van der Waals surface area contributed by atoms with E-state index in [1.54, 1.807) is 18.3 Å². The Kier molecular flexibility index (Phi) is 10.5. The van der Waals surface area contributed by atoms with Crippen LogP contribution < -0.4 is 16.0 Å². The zero-order valence-corrected chi connectivity index (χ0v) is 23.4. The highest BCUT2D eigenvalue weighted by atomic mass is 35.5. The van der Waals surface area contributed by atoms with Gasteiger partial charge in [0, 0.05) is 31.7 Å². The number of hydrogen-bond donors (Lipinski definition) is 3. The first-order chi connectivity index (χ1) is 20.3. The highest BCUT2D eigenvalue weighted by Gasteiger charge is 2.23. The number of likely N-dealkylation sites (N-methyl/N-ethyl adjacent to an activating group) is 1. The fourth-order valence-corrected chi connectivity index (χ4v) is 4.09. The summed E-state index contributed by atoms with van der Waals surface area (Å²) in [6, 6.07) is 21.3. The lowest BCUT2D eigenvalue weighted by Crippen LogP contribution is -2.51. The Morgan fingerprint density at radius 3 is 2.45 bits per heavy atom. The van der Waals surface area contributed by atoms with Gasteiger partial charge in [-0.05, 0) is 28.6 Å². The summed E-state index contributed by atoms with van der Waals surface area (Å²) in [6.45, 7) is -0.365. The third-order valence-corrected chi connectivity index (χ3v) is 6.72. The van der Waals surface area contributed by atoms with Gasteiger partial charge >= 0.3 is 18.2 Å². The highest BCUT2D eigenvalue weighted by molar-refractivity contribution is 6.31. The molecule has 3 aromatic carbocycles. The van der Waals surface area contributed by atoms with Crippen molar-refractivity contribution in [3.8, 4) is 0 Å². The molecule has 12 heteroatoms. The first-order valence-electron chi connectivity index (χ1n) is 13.0. The Morgan fingerprint density at radius 2 is 1.67 bits per heavy atom. The van der Waals surface area contributed by atoms with E-state index in [1.807, 2.05) is 54.6 Å². The molecule has 0 spiro atoms. The number of ether oxygens (including phenoxy) is 2. The van der Waals surface area contributed by atoms with Gasteiger partial charge in [-0.15, -0.1) is 0 Å². The molecule has 218 valence electrons. The van der Waals surface area contributed by atoms with Crippen molar-refractivity contribution < 1.29 is 28.2 Å². The summed E-state index contributed by atoms with van der Waals surface area (Å²) in [4.78, 5) is 43.3. The molecule has 0 unspecified atom stereocenters. The second-order valence-electron chi connectivity index (χ2n) is 9.22. The van der Waals surface area contributed by atoms with Gasteiger partial charge in [-0.1, -0.05) is 78.3 Å². The molecule has 0 aliphatic rings. The van der Waals surface area contributed by atoms with Crippen molar-refractivity contribution >= 4 is 46.4 Å². The van der Waals surface area contributed by atoms with Crippen molar-refractivity contribution in [3.05, 3.63) is 107 Å². The van der Waals surface area contributed by atoms with Gasteiger partial charge in [0.1, 0.15) is 24.8 Å². The van der Waals surface area contributed by atoms with Gasteiger partial charge in [-0.2, -0.15) is 0 Å². The number of halogens is 2. The minimum absolute atomic E-state index is 0.0476. The molecule has 0 fully saturated rings. The van der Waals surface area contributed by atoms with Crippen LogP contribution in [0.25, 0.3) is 10.8 Å². The summed E-state index contributed by atoms with van der Waals surface area (Å²) in [5.74, 6) is -0.316. The first kappa shape index (κ1) is 30.1. The van der Waals surface area contributed by atoms with E-state index in [2.05, 4.69) is 20.9 Å². The summed E-state index contributed by atoms with van der Waals surface area (Å²) >= 11 is 5.99. The summed E-state index contributed by atoms with van der Waals surface area (Å²) < 4.78 is 24.4. The van der Waals surface area contributed by atoms with Crippen molar-refractivity contribution in [2.75, 3.05) is 25.5 Å². The number of nitrogens with one attached hydrogen (secondary N) is 3. The van der Waals surface area contributed by atoms with Crippen molar-refractivity contribution in [3.63, 3.8) is 0 Å². The van der Waals surface area contributed by atoms with Crippen molar-refractivity contribution in [1.29, 1.82) is 0 Å². The van der Waals surface area contributed by atoms with Crippen LogP contribution in [0.4, 0.5) is 24.6 Å². The predicted octanol–water partition coefficient (Wildman–Crippen LogP) is 5.71. The van der Waals surface area contributed by atoms with Crippen LogP contribution in [0.2, 0.25) is 5.02 Å². The van der Waals surface area contributed by atoms with Gasteiger partial charge < -0.3 is 25.0 Å². The molecule has 4 rings (SSSR count). The fraction of sp³-hybridized carbons (Fsp3) is 0.200. The maximum atomic E-state index is 13.8. The number of carbonyl (C=O) groups is 3. The third-order valence-electron chi connectivity index (χ3n) is 6.29. The lowest BCUT2D eigenvalue weighted by Gasteiger charge is -2.28. The Labute approximate surface area is 246 Å². The van der Waals surface area contributed by atoms with Crippen LogP contribution >= 0.6 is 11.6 Å². The Hall–Kier alpha value is -4.90. The van der Waals surface area contributed by atoms with Gasteiger partial charge in [0.2, 0.25) is 0 Å². The Morgan fingerprint density at radius 1 is 0.929 bits per heavy atom. The molecular weight excluding hydrogens is 565 g/mol. The molecule has 0 saturated heterocycles.